The Bertz CT molecular complexity index is 922. The highest BCUT2D eigenvalue weighted by Gasteiger charge is 2.16. The maximum Gasteiger partial charge on any atom is 0.338 e. The maximum absolute atomic E-state index is 12.3. The van der Waals surface area contributed by atoms with Crippen LogP contribution in [-0.2, 0) is 11.3 Å². The summed E-state index contributed by atoms with van der Waals surface area (Å²) >= 11 is 3.47. The first-order chi connectivity index (χ1) is 12.7. The summed E-state index contributed by atoms with van der Waals surface area (Å²) in [5, 5.41) is 0. The minimum atomic E-state index is -0.407. The lowest BCUT2D eigenvalue weighted by Crippen LogP contribution is -2.15. The van der Waals surface area contributed by atoms with Gasteiger partial charge in [0.15, 0.2) is 23.7 Å². The van der Waals surface area contributed by atoms with Gasteiger partial charge in [-0.05, 0) is 24.3 Å². The molecule has 0 saturated carbocycles. The average Bonchev–Trinajstić information content (AvgIpc) is 3.21. The van der Waals surface area contributed by atoms with Crippen LogP contribution in [0.25, 0.3) is 11.3 Å². The van der Waals surface area contributed by atoms with E-state index >= 15 is 0 Å². The lowest BCUT2D eigenvalue weighted by atomic mass is 10.1. The van der Waals surface area contributed by atoms with E-state index in [2.05, 4.69) is 20.9 Å². The molecular weight excluding hydrogens is 402 g/mol. The van der Waals surface area contributed by atoms with Crippen LogP contribution < -0.4 is 9.47 Å². The Kier molecular flexibility index (Phi) is 4.62. The zero-order chi connectivity index (χ0) is 17.9. The summed E-state index contributed by atoms with van der Waals surface area (Å²) in [5.74, 6) is 1.57. The molecular formula is C19H14BrNO5. The van der Waals surface area contributed by atoms with Crippen molar-refractivity contribution < 1.29 is 23.4 Å². The van der Waals surface area contributed by atoms with Gasteiger partial charge in [-0.2, -0.15) is 0 Å². The number of carbonyl (C=O) groups excluding carboxylic acids is 1. The smallest absolute Gasteiger partial charge is 0.338 e. The second-order valence-corrected chi connectivity index (χ2v) is 6.46. The molecule has 0 amide bonds. The minimum absolute atomic E-state index is 0.125. The Hall–Kier alpha value is -2.80. The number of ether oxygens (including phenoxy) is 3. The Morgan fingerprint density at radius 2 is 1.85 bits per heavy atom. The zero-order valence-electron chi connectivity index (χ0n) is 13.6. The average molecular weight is 416 g/mol. The molecule has 0 atom stereocenters. The molecule has 3 aromatic rings. The molecule has 0 unspecified atom stereocenters. The van der Waals surface area contributed by atoms with Crippen molar-refractivity contribution in [2.24, 2.45) is 0 Å². The van der Waals surface area contributed by atoms with E-state index in [9.17, 15) is 4.79 Å². The van der Waals surface area contributed by atoms with Gasteiger partial charge in [-0.3, -0.25) is 0 Å². The molecule has 2 aromatic carbocycles. The molecule has 1 aromatic heterocycles. The number of rotatable bonds is 4. The first-order valence-corrected chi connectivity index (χ1v) is 8.74. The standard InChI is InChI=1S/C19H14BrNO5/c20-15-8-17-16(23-5-6-24-17)7-14(15)10-25-19(22)13-3-1-12(2-4-13)18-9-21-11-26-18/h1-4,7-9,11H,5-6,10H2. The van der Waals surface area contributed by atoms with E-state index in [1.807, 2.05) is 12.1 Å². The van der Waals surface area contributed by atoms with Crippen LogP contribution in [0.3, 0.4) is 0 Å². The molecule has 0 saturated heterocycles. The van der Waals surface area contributed by atoms with E-state index in [0.717, 1.165) is 15.6 Å². The number of aromatic nitrogens is 1. The third kappa shape index (κ3) is 3.43. The van der Waals surface area contributed by atoms with Gasteiger partial charge in [0.2, 0.25) is 0 Å². The summed E-state index contributed by atoms with van der Waals surface area (Å²) in [6.45, 7) is 1.16. The van der Waals surface area contributed by atoms with Gasteiger partial charge in [0.25, 0.3) is 0 Å². The number of halogens is 1. The van der Waals surface area contributed by atoms with Crippen molar-refractivity contribution in [2.45, 2.75) is 6.61 Å². The SMILES string of the molecule is O=C(OCc1cc2c(cc1Br)OCCO2)c1ccc(-c2cnco2)cc1. The van der Waals surface area contributed by atoms with Gasteiger partial charge in [0.05, 0.1) is 11.8 Å². The first-order valence-electron chi connectivity index (χ1n) is 7.95. The topological polar surface area (TPSA) is 70.8 Å². The first kappa shape index (κ1) is 16.7. The van der Waals surface area contributed by atoms with E-state index in [-0.39, 0.29) is 6.61 Å². The van der Waals surface area contributed by atoms with E-state index in [0.29, 0.717) is 36.0 Å². The summed E-state index contributed by atoms with van der Waals surface area (Å²) in [6, 6.07) is 10.6. The number of fused-ring (bicyclic) bond motifs is 1. The highest BCUT2D eigenvalue weighted by atomic mass is 79.9. The molecule has 1 aliphatic rings. The van der Waals surface area contributed by atoms with Crippen LogP contribution >= 0.6 is 15.9 Å². The number of nitrogens with zero attached hydrogens (tertiary/aromatic N) is 1. The molecule has 0 bridgehead atoms. The van der Waals surface area contributed by atoms with Gasteiger partial charge in [-0.25, -0.2) is 9.78 Å². The van der Waals surface area contributed by atoms with Gasteiger partial charge in [-0.15, -0.1) is 0 Å². The Morgan fingerprint density at radius 3 is 2.54 bits per heavy atom. The van der Waals surface area contributed by atoms with Crippen molar-refractivity contribution in [3.05, 3.63) is 64.6 Å². The molecule has 7 heteroatoms. The molecule has 0 fully saturated rings. The number of hydrogen-bond acceptors (Lipinski definition) is 6. The predicted octanol–water partition coefficient (Wildman–Crippen LogP) is 4.23. The largest absolute Gasteiger partial charge is 0.486 e. The third-order valence-electron chi connectivity index (χ3n) is 3.91. The van der Waals surface area contributed by atoms with Crippen molar-refractivity contribution in [3.8, 4) is 22.8 Å². The van der Waals surface area contributed by atoms with Gasteiger partial charge in [0.1, 0.15) is 19.8 Å². The molecule has 132 valence electrons. The van der Waals surface area contributed by atoms with Crippen molar-refractivity contribution in [1.82, 2.24) is 4.98 Å². The summed E-state index contributed by atoms with van der Waals surface area (Å²) in [6.07, 6.45) is 2.98. The molecule has 0 spiro atoms. The van der Waals surface area contributed by atoms with Crippen LogP contribution in [0, 0.1) is 0 Å². The Balaban J connectivity index is 1.44. The zero-order valence-corrected chi connectivity index (χ0v) is 15.2. The molecule has 0 aliphatic carbocycles. The van der Waals surface area contributed by atoms with E-state index in [1.54, 1.807) is 30.5 Å². The molecule has 2 heterocycles. The van der Waals surface area contributed by atoms with Crippen LogP contribution in [0.2, 0.25) is 0 Å². The van der Waals surface area contributed by atoms with Crippen molar-refractivity contribution in [2.75, 3.05) is 13.2 Å². The molecule has 0 N–H and O–H groups in total. The number of hydrogen-bond donors (Lipinski definition) is 0. The van der Waals surface area contributed by atoms with E-state index in [1.165, 1.54) is 6.39 Å². The fraction of sp³-hybridized carbons (Fsp3) is 0.158. The second-order valence-electron chi connectivity index (χ2n) is 5.61. The highest BCUT2D eigenvalue weighted by molar-refractivity contribution is 9.10. The monoisotopic (exact) mass is 415 g/mol. The summed E-state index contributed by atoms with van der Waals surface area (Å²) < 4.78 is 22.5. The maximum atomic E-state index is 12.3. The number of esters is 1. The Labute approximate surface area is 157 Å². The Morgan fingerprint density at radius 1 is 1.12 bits per heavy atom. The fourth-order valence-electron chi connectivity index (χ4n) is 2.57. The molecule has 1 aliphatic heterocycles. The lowest BCUT2D eigenvalue weighted by molar-refractivity contribution is 0.0471. The fourth-order valence-corrected chi connectivity index (χ4v) is 3.01. The van der Waals surface area contributed by atoms with Crippen LogP contribution in [0.15, 0.2) is 57.9 Å². The van der Waals surface area contributed by atoms with Crippen LogP contribution in [0.1, 0.15) is 15.9 Å². The quantitative estimate of drug-likeness (QED) is 0.593. The van der Waals surface area contributed by atoms with Gasteiger partial charge in [-0.1, -0.05) is 28.1 Å². The minimum Gasteiger partial charge on any atom is -0.486 e. The number of benzene rings is 2. The third-order valence-corrected chi connectivity index (χ3v) is 4.65. The summed E-state index contributed by atoms with van der Waals surface area (Å²) in [7, 11) is 0. The number of carbonyl (C=O) groups is 1. The highest BCUT2D eigenvalue weighted by Crippen LogP contribution is 2.35. The molecule has 6 nitrogen and oxygen atoms in total. The van der Waals surface area contributed by atoms with Crippen molar-refractivity contribution >= 4 is 21.9 Å². The van der Waals surface area contributed by atoms with Crippen LogP contribution in [-0.4, -0.2) is 24.2 Å². The van der Waals surface area contributed by atoms with Crippen LogP contribution in [0.5, 0.6) is 11.5 Å². The molecule has 0 radical (unpaired) electrons. The van der Waals surface area contributed by atoms with Crippen molar-refractivity contribution in [1.29, 1.82) is 0 Å². The lowest BCUT2D eigenvalue weighted by Gasteiger charge is -2.19. The second kappa shape index (κ2) is 7.21. The van der Waals surface area contributed by atoms with Crippen LogP contribution in [0.4, 0.5) is 0 Å². The normalized spacial score (nSPS) is 12.7. The van der Waals surface area contributed by atoms with E-state index < -0.39 is 5.97 Å². The molecule has 26 heavy (non-hydrogen) atoms. The summed E-state index contributed by atoms with van der Waals surface area (Å²) in [4.78, 5) is 16.2. The predicted molar refractivity (Wildman–Crippen MR) is 96.2 cm³/mol. The van der Waals surface area contributed by atoms with Gasteiger partial charge in [0, 0.05) is 15.6 Å². The van der Waals surface area contributed by atoms with E-state index in [4.69, 9.17) is 18.6 Å². The number of oxazole rings is 1. The molecule has 4 rings (SSSR count). The summed E-state index contributed by atoms with van der Waals surface area (Å²) in [5.41, 5.74) is 2.11. The van der Waals surface area contributed by atoms with Gasteiger partial charge < -0.3 is 18.6 Å². The van der Waals surface area contributed by atoms with Crippen molar-refractivity contribution in [3.63, 3.8) is 0 Å². The van der Waals surface area contributed by atoms with Gasteiger partial charge >= 0.3 is 5.97 Å².